The van der Waals surface area contributed by atoms with Crippen LogP contribution in [-0.2, 0) is 5.41 Å². The van der Waals surface area contributed by atoms with Crippen molar-refractivity contribution in [1.29, 1.82) is 0 Å². The molecule has 4 aromatic rings. The molecule has 0 unspecified atom stereocenters. The normalized spacial score (nSPS) is 14.8. The maximum absolute atomic E-state index is 5.03. The fourth-order valence-electron chi connectivity index (χ4n) is 3.97. The summed E-state index contributed by atoms with van der Waals surface area (Å²) in [7, 11) is 0. The Morgan fingerprint density at radius 3 is 2.46 bits per heavy atom. The van der Waals surface area contributed by atoms with Gasteiger partial charge in [0.2, 0.25) is 0 Å². The van der Waals surface area contributed by atoms with Gasteiger partial charge in [0, 0.05) is 11.0 Å². The number of rotatable bonds is 0. The molecule has 0 spiro atoms. The van der Waals surface area contributed by atoms with Crippen molar-refractivity contribution in [3.05, 3.63) is 71.4 Å². The third-order valence-corrected chi connectivity index (χ3v) is 5.24. The van der Waals surface area contributed by atoms with E-state index in [0.717, 1.165) is 22.4 Å². The van der Waals surface area contributed by atoms with Crippen LogP contribution in [0, 0.1) is 6.92 Å². The maximum Gasteiger partial charge on any atom is 0.0940 e. The molecule has 2 heteroatoms. The number of nitrogens with zero attached hydrogens (tertiary/aromatic N) is 2. The molecule has 0 saturated heterocycles. The minimum atomic E-state index is -0.157. The molecular weight excluding hydrogens is 292 g/mol. The first kappa shape index (κ1) is 13.7. The van der Waals surface area contributed by atoms with Gasteiger partial charge in [0.1, 0.15) is 0 Å². The van der Waals surface area contributed by atoms with E-state index in [1.165, 1.54) is 27.5 Å². The van der Waals surface area contributed by atoms with E-state index in [9.17, 15) is 0 Å². The Morgan fingerprint density at radius 1 is 0.833 bits per heavy atom. The zero-order valence-corrected chi connectivity index (χ0v) is 14.1. The minimum Gasteiger partial charge on any atom is -0.248 e. The highest BCUT2D eigenvalue weighted by Crippen LogP contribution is 2.47. The summed E-state index contributed by atoms with van der Waals surface area (Å²) in [6, 6.07) is 19.3. The van der Waals surface area contributed by atoms with E-state index < -0.39 is 0 Å². The maximum atomic E-state index is 5.03. The molecule has 0 radical (unpaired) electrons. The lowest BCUT2D eigenvalue weighted by molar-refractivity contribution is 0.620. The Bertz CT molecular complexity index is 1130. The first-order valence-electron chi connectivity index (χ1n) is 8.37. The second-order valence-electron chi connectivity index (χ2n) is 7.25. The van der Waals surface area contributed by atoms with E-state index in [-0.39, 0.29) is 5.41 Å². The Morgan fingerprint density at radius 2 is 1.62 bits per heavy atom. The summed E-state index contributed by atoms with van der Waals surface area (Å²) >= 11 is 0. The lowest BCUT2D eigenvalue weighted by Crippen LogP contribution is -2.26. The molecule has 24 heavy (non-hydrogen) atoms. The van der Waals surface area contributed by atoms with E-state index in [4.69, 9.17) is 9.97 Å². The second-order valence-corrected chi connectivity index (χ2v) is 7.25. The Kier molecular flexibility index (Phi) is 2.52. The van der Waals surface area contributed by atoms with Gasteiger partial charge in [-0.05, 0) is 41.0 Å². The molecule has 1 aliphatic rings. The van der Waals surface area contributed by atoms with E-state index in [1.54, 1.807) is 0 Å². The number of hydrogen-bond donors (Lipinski definition) is 0. The van der Waals surface area contributed by atoms with Gasteiger partial charge in [0.15, 0.2) is 0 Å². The van der Waals surface area contributed by atoms with Crippen molar-refractivity contribution in [1.82, 2.24) is 9.97 Å². The molecule has 0 aliphatic heterocycles. The summed E-state index contributed by atoms with van der Waals surface area (Å²) in [5.41, 5.74) is 7.64. The molecule has 0 bridgehead atoms. The zero-order valence-electron chi connectivity index (χ0n) is 14.1. The minimum absolute atomic E-state index is 0.157. The quantitative estimate of drug-likeness (QED) is 0.435. The average molecular weight is 310 g/mol. The highest BCUT2D eigenvalue weighted by molar-refractivity contribution is 6.02. The van der Waals surface area contributed by atoms with Crippen LogP contribution in [0.25, 0.3) is 33.1 Å². The summed E-state index contributed by atoms with van der Waals surface area (Å²) < 4.78 is 0. The van der Waals surface area contributed by atoms with Crippen molar-refractivity contribution < 1.29 is 0 Å². The summed E-state index contributed by atoms with van der Waals surface area (Å²) in [4.78, 5) is 10.1. The van der Waals surface area contributed by atoms with Crippen molar-refractivity contribution in [2.45, 2.75) is 26.2 Å². The topological polar surface area (TPSA) is 25.8 Å². The number of aryl methyl sites for hydroxylation is 1. The lowest BCUT2D eigenvalue weighted by Gasteiger charge is -2.33. The van der Waals surface area contributed by atoms with Crippen molar-refractivity contribution in [2.24, 2.45) is 0 Å². The van der Waals surface area contributed by atoms with Crippen LogP contribution in [0.15, 0.2) is 54.6 Å². The summed E-state index contributed by atoms with van der Waals surface area (Å²) in [5.74, 6) is 0. The van der Waals surface area contributed by atoms with Crippen molar-refractivity contribution >= 4 is 21.8 Å². The molecule has 2 nitrogen and oxygen atoms in total. The van der Waals surface area contributed by atoms with E-state index in [1.807, 2.05) is 0 Å². The molecule has 116 valence electrons. The largest absolute Gasteiger partial charge is 0.248 e. The number of hydrogen-bond acceptors (Lipinski definition) is 2. The van der Waals surface area contributed by atoms with Gasteiger partial charge in [0.25, 0.3) is 0 Å². The zero-order chi connectivity index (χ0) is 16.5. The Hall–Kier alpha value is -2.74. The molecule has 0 amide bonds. The van der Waals surface area contributed by atoms with Gasteiger partial charge < -0.3 is 0 Å². The molecule has 1 heterocycles. The summed E-state index contributed by atoms with van der Waals surface area (Å²) in [6.45, 7) is 6.61. The molecular formula is C22H18N2. The predicted molar refractivity (Wildman–Crippen MR) is 99.3 cm³/mol. The van der Waals surface area contributed by atoms with Crippen LogP contribution in [0.5, 0.6) is 0 Å². The van der Waals surface area contributed by atoms with Gasteiger partial charge >= 0.3 is 0 Å². The molecule has 0 fully saturated rings. The average Bonchev–Trinajstić information content (AvgIpc) is 2.58. The molecule has 0 atom stereocenters. The highest BCUT2D eigenvalue weighted by atomic mass is 14.9. The number of aromatic nitrogens is 2. The van der Waals surface area contributed by atoms with Crippen molar-refractivity contribution in [2.75, 3.05) is 0 Å². The number of benzene rings is 3. The van der Waals surface area contributed by atoms with Gasteiger partial charge in [0.05, 0.1) is 22.4 Å². The fraction of sp³-hybridized carbons (Fsp3) is 0.182. The third kappa shape index (κ3) is 1.66. The van der Waals surface area contributed by atoms with E-state index >= 15 is 0 Å². The molecule has 5 rings (SSSR count). The van der Waals surface area contributed by atoms with Gasteiger partial charge in [-0.15, -0.1) is 0 Å². The summed E-state index contributed by atoms with van der Waals surface area (Å²) in [5, 5.41) is 2.59. The summed E-state index contributed by atoms with van der Waals surface area (Å²) in [6.07, 6.45) is 0. The standard InChI is InChI=1S/C22H18N2/c1-13-10-11-17-18(12-13)23-20-15-8-4-6-14-7-5-9-16(19(14)15)22(2,3)21(20)24-17/h4-12H,1-3H3. The molecule has 3 aromatic carbocycles. The fourth-order valence-corrected chi connectivity index (χ4v) is 3.97. The first-order valence-corrected chi connectivity index (χ1v) is 8.37. The molecule has 0 saturated carbocycles. The molecule has 1 aromatic heterocycles. The Balaban J connectivity index is 2.00. The van der Waals surface area contributed by atoms with Crippen LogP contribution in [0.1, 0.15) is 30.7 Å². The monoisotopic (exact) mass is 310 g/mol. The second kappa shape index (κ2) is 4.41. The van der Waals surface area contributed by atoms with E-state index in [2.05, 4.69) is 75.4 Å². The van der Waals surface area contributed by atoms with Gasteiger partial charge in [-0.1, -0.05) is 56.3 Å². The molecule has 0 N–H and O–H groups in total. The van der Waals surface area contributed by atoms with Crippen LogP contribution in [0.3, 0.4) is 0 Å². The van der Waals surface area contributed by atoms with E-state index in [0.29, 0.717) is 0 Å². The van der Waals surface area contributed by atoms with Crippen LogP contribution in [0.4, 0.5) is 0 Å². The van der Waals surface area contributed by atoms with Crippen LogP contribution in [-0.4, -0.2) is 9.97 Å². The predicted octanol–water partition coefficient (Wildman–Crippen LogP) is 5.40. The van der Waals surface area contributed by atoms with Gasteiger partial charge in [-0.25, -0.2) is 9.97 Å². The lowest BCUT2D eigenvalue weighted by atomic mass is 9.72. The van der Waals surface area contributed by atoms with Crippen molar-refractivity contribution in [3.8, 4) is 11.3 Å². The smallest absolute Gasteiger partial charge is 0.0940 e. The number of fused-ring (bicyclic) bond motifs is 3. The van der Waals surface area contributed by atoms with Gasteiger partial charge in [-0.3, -0.25) is 0 Å². The molecule has 1 aliphatic carbocycles. The third-order valence-electron chi connectivity index (χ3n) is 5.24. The van der Waals surface area contributed by atoms with Crippen molar-refractivity contribution in [3.63, 3.8) is 0 Å². The Labute approximate surface area is 141 Å². The highest BCUT2D eigenvalue weighted by Gasteiger charge is 2.35. The first-order chi connectivity index (χ1) is 11.6. The van der Waals surface area contributed by atoms with Gasteiger partial charge in [-0.2, -0.15) is 0 Å². The van der Waals surface area contributed by atoms with Crippen LogP contribution in [0.2, 0.25) is 0 Å². The SMILES string of the molecule is Cc1ccc2nc3c(nc2c1)-c1cccc2cccc(c12)C3(C)C. The van der Waals surface area contributed by atoms with Crippen LogP contribution < -0.4 is 0 Å². The van der Waals surface area contributed by atoms with Crippen LogP contribution >= 0.6 is 0 Å².